The molecule has 0 bridgehead atoms. The number of Topliss-reactive ketones (excluding diaryl/α,β-unsaturated/α-hetero) is 1. The number of hydrogen-bond donors (Lipinski definition) is 2. The van der Waals surface area contributed by atoms with Gasteiger partial charge in [0, 0.05) is 41.9 Å². The number of nitrogens with one attached hydrogen (secondary N) is 2. The van der Waals surface area contributed by atoms with E-state index in [1.807, 2.05) is 6.07 Å². The minimum Gasteiger partial charge on any atom is -0.420 e. The van der Waals surface area contributed by atoms with Crippen LogP contribution in [0.3, 0.4) is 0 Å². The largest absolute Gasteiger partial charge is 0.420 e. The number of fused-ring (bicyclic) bond motifs is 3. The van der Waals surface area contributed by atoms with Crippen LogP contribution in [0.15, 0.2) is 34.9 Å². The van der Waals surface area contributed by atoms with Gasteiger partial charge in [0.1, 0.15) is 18.1 Å². The number of aromatic nitrogens is 3. The van der Waals surface area contributed by atoms with Crippen LogP contribution < -0.4 is 10.6 Å². The minimum absolute atomic E-state index is 0.0491. The van der Waals surface area contributed by atoms with Gasteiger partial charge in [-0.15, -0.1) is 10.2 Å². The number of anilines is 1. The van der Waals surface area contributed by atoms with Gasteiger partial charge in [0.25, 0.3) is 0 Å². The SMILES string of the molecule is COCc1nnc([C@@H]2CC[C@@H](CC(=O)[C@@H]3NC4(CCC(C)(C)CC4)[C@@]4(C(=O)Nc5cc(Cl)ccc54)[C@H]3c3ccnc(Cl)c3F)CO2)o1. The molecule has 5 heterocycles. The van der Waals surface area contributed by atoms with Gasteiger partial charge in [-0.3, -0.25) is 14.9 Å². The van der Waals surface area contributed by atoms with Crippen LogP contribution in [-0.2, 0) is 31.1 Å². The van der Waals surface area contributed by atoms with Crippen LogP contribution >= 0.6 is 23.2 Å². The highest BCUT2D eigenvalue weighted by Gasteiger charge is 2.72. The molecule has 0 unspecified atom stereocenters. The quantitative estimate of drug-likeness (QED) is 0.269. The Morgan fingerprint density at radius 3 is 2.64 bits per heavy atom. The van der Waals surface area contributed by atoms with E-state index < -0.39 is 28.7 Å². The number of methoxy groups -OCH3 is 1. The zero-order chi connectivity index (χ0) is 33.1. The van der Waals surface area contributed by atoms with Crippen molar-refractivity contribution in [1.29, 1.82) is 0 Å². The number of hydrogen-bond acceptors (Lipinski definition) is 9. The van der Waals surface area contributed by atoms with Crippen molar-refractivity contribution in [3.63, 3.8) is 0 Å². The van der Waals surface area contributed by atoms with Crippen molar-refractivity contribution in [2.75, 3.05) is 19.0 Å². The van der Waals surface area contributed by atoms with Crippen molar-refractivity contribution < 1.29 is 27.9 Å². The molecule has 10 nitrogen and oxygen atoms in total. The first-order chi connectivity index (χ1) is 22.5. The third kappa shape index (κ3) is 5.38. The normalized spacial score (nSPS) is 29.3. The zero-order valence-electron chi connectivity index (χ0n) is 26.6. The van der Waals surface area contributed by atoms with Gasteiger partial charge in [-0.05, 0) is 79.2 Å². The summed E-state index contributed by atoms with van der Waals surface area (Å²) in [6.45, 7) is 4.97. The summed E-state index contributed by atoms with van der Waals surface area (Å²) in [5, 5.41) is 15.1. The van der Waals surface area contributed by atoms with Gasteiger partial charge < -0.3 is 19.2 Å². The number of ether oxygens (including phenoxy) is 2. The molecule has 13 heteroatoms. The van der Waals surface area contributed by atoms with E-state index in [1.54, 1.807) is 25.3 Å². The molecule has 3 aliphatic heterocycles. The average Bonchev–Trinajstić information content (AvgIpc) is 3.71. The number of benzene rings is 1. The summed E-state index contributed by atoms with van der Waals surface area (Å²) in [7, 11) is 1.55. The first-order valence-electron chi connectivity index (χ1n) is 16.1. The monoisotopic (exact) mass is 685 g/mol. The van der Waals surface area contributed by atoms with Crippen LogP contribution in [0.25, 0.3) is 0 Å². The van der Waals surface area contributed by atoms with E-state index in [2.05, 4.69) is 39.7 Å². The Bertz CT molecular complexity index is 1700. The second-order valence-corrected chi connectivity index (χ2v) is 15.0. The number of amides is 1. The van der Waals surface area contributed by atoms with Gasteiger partial charge in [-0.25, -0.2) is 9.37 Å². The topological polar surface area (TPSA) is 128 Å². The zero-order valence-corrected chi connectivity index (χ0v) is 28.1. The third-order valence-corrected chi connectivity index (χ3v) is 11.4. The van der Waals surface area contributed by atoms with Crippen LogP contribution in [-0.4, -0.2) is 52.2 Å². The molecular weight excluding hydrogens is 648 g/mol. The predicted molar refractivity (Wildman–Crippen MR) is 172 cm³/mol. The molecule has 3 aromatic rings. The fraction of sp³-hybridized carbons (Fsp3) is 0.559. The van der Waals surface area contributed by atoms with E-state index in [0.29, 0.717) is 60.3 Å². The fourth-order valence-corrected chi connectivity index (χ4v) is 8.87. The highest BCUT2D eigenvalue weighted by atomic mass is 35.5. The molecule has 0 radical (unpaired) electrons. The molecule has 1 saturated carbocycles. The summed E-state index contributed by atoms with van der Waals surface area (Å²) in [5.41, 5.74) is -0.602. The number of ketones is 1. The molecule has 2 spiro atoms. The number of pyridine rings is 1. The number of carbonyl (C=O) groups is 2. The van der Waals surface area contributed by atoms with Gasteiger partial charge in [-0.1, -0.05) is 43.1 Å². The maximum Gasteiger partial charge on any atom is 0.245 e. The van der Waals surface area contributed by atoms with E-state index in [0.717, 1.165) is 12.8 Å². The molecule has 2 N–H and O–H groups in total. The standard InChI is InChI=1S/C34H38Cl2FN5O5/c1-32(2)9-11-33(12-10-32)34(21-6-5-19(35)15-22(21)39-31(34)44)26(20-8-13-38-29(36)27(20)37)28(40-33)23(43)14-18-4-7-24(46-16-18)30-42-41-25(47-30)17-45-3/h5-6,8,13,15,18,24,26,28,40H,4,7,9-12,14,16-17H2,1-3H3,(H,39,44)/t18-,24-,26-,28-,34+/m0/s1. The second-order valence-electron chi connectivity index (χ2n) is 14.2. The molecule has 1 aliphatic carbocycles. The average molecular weight is 687 g/mol. The third-order valence-electron chi connectivity index (χ3n) is 10.9. The van der Waals surface area contributed by atoms with Crippen molar-refractivity contribution in [1.82, 2.24) is 20.5 Å². The molecule has 1 amide bonds. The summed E-state index contributed by atoms with van der Waals surface area (Å²) in [6.07, 6.45) is 5.44. The lowest BCUT2D eigenvalue weighted by Crippen LogP contribution is -2.61. The van der Waals surface area contributed by atoms with Crippen LogP contribution in [0.4, 0.5) is 10.1 Å². The van der Waals surface area contributed by atoms with Gasteiger partial charge in [0.05, 0.1) is 12.6 Å². The highest BCUT2D eigenvalue weighted by molar-refractivity contribution is 6.31. The molecular formula is C34H38Cl2FN5O5. The van der Waals surface area contributed by atoms with Crippen molar-refractivity contribution >= 4 is 40.6 Å². The Hall–Kier alpha value is -2.96. The van der Waals surface area contributed by atoms with E-state index in [4.69, 9.17) is 37.1 Å². The maximum atomic E-state index is 16.2. The van der Waals surface area contributed by atoms with Crippen molar-refractivity contribution in [2.45, 2.75) is 94.4 Å². The van der Waals surface area contributed by atoms with Gasteiger partial charge in [-0.2, -0.15) is 0 Å². The second kappa shape index (κ2) is 12.2. The predicted octanol–water partition coefficient (Wildman–Crippen LogP) is 6.47. The minimum atomic E-state index is -1.30. The number of rotatable bonds is 7. The van der Waals surface area contributed by atoms with Crippen LogP contribution in [0.1, 0.15) is 93.7 Å². The molecule has 7 rings (SSSR count). The van der Waals surface area contributed by atoms with E-state index in [9.17, 15) is 9.59 Å². The maximum absolute atomic E-state index is 16.2. The molecule has 2 saturated heterocycles. The summed E-state index contributed by atoms with van der Waals surface area (Å²) in [6, 6.07) is 6.01. The highest BCUT2D eigenvalue weighted by Crippen LogP contribution is 2.64. The fourth-order valence-electron chi connectivity index (χ4n) is 8.53. The van der Waals surface area contributed by atoms with Crippen molar-refractivity contribution in [3.05, 3.63) is 69.4 Å². The molecule has 3 fully saturated rings. The lowest BCUT2D eigenvalue weighted by Gasteiger charge is -2.50. The summed E-state index contributed by atoms with van der Waals surface area (Å²) in [4.78, 5) is 33.2. The van der Waals surface area contributed by atoms with Crippen molar-refractivity contribution in [2.24, 2.45) is 11.3 Å². The van der Waals surface area contributed by atoms with E-state index >= 15 is 4.39 Å². The smallest absolute Gasteiger partial charge is 0.245 e. The Morgan fingerprint density at radius 1 is 1.13 bits per heavy atom. The molecule has 5 atom stereocenters. The number of carbonyl (C=O) groups excluding carboxylic acids is 2. The molecule has 4 aliphatic rings. The molecule has 2 aromatic heterocycles. The van der Waals surface area contributed by atoms with Gasteiger partial charge in [0.15, 0.2) is 16.8 Å². The molecule has 1 aromatic carbocycles. The van der Waals surface area contributed by atoms with Crippen LogP contribution in [0.5, 0.6) is 0 Å². The van der Waals surface area contributed by atoms with Crippen LogP contribution in [0, 0.1) is 17.2 Å². The summed E-state index contributed by atoms with van der Waals surface area (Å²) >= 11 is 12.7. The van der Waals surface area contributed by atoms with Crippen LogP contribution in [0.2, 0.25) is 10.2 Å². The first-order valence-corrected chi connectivity index (χ1v) is 16.9. The molecule has 250 valence electrons. The Labute approximate surface area is 282 Å². The Morgan fingerprint density at radius 2 is 1.91 bits per heavy atom. The van der Waals surface area contributed by atoms with Gasteiger partial charge >= 0.3 is 0 Å². The number of nitrogens with zero attached hydrogens (tertiary/aromatic N) is 3. The Kier molecular flexibility index (Phi) is 8.44. The summed E-state index contributed by atoms with van der Waals surface area (Å²) in [5.74, 6) is -1.32. The van der Waals surface area contributed by atoms with Gasteiger partial charge in [0.2, 0.25) is 17.7 Å². The van der Waals surface area contributed by atoms with Crippen molar-refractivity contribution in [3.8, 4) is 0 Å². The van der Waals surface area contributed by atoms with E-state index in [-0.39, 0.29) is 52.9 Å². The lowest BCUT2D eigenvalue weighted by atomic mass is 9.53. The summed E-state index contributed by atoms with van der Waals surface area (Å²) < 4.78 is 33.0. The first kappa shape index (κ1) is 32.6. The molecule has 47 heavy (non-hydrogen) atoms. The Balaban J connectivity index is 1.25. The van der Waals surface area contributed by atoms with E-state index in [1.165, 1.54) is 6.20 Å². The number of halogens is 3. The lowest BCUT2D eigenvalue weighted by molar-refractivity contribution is -0.125.